The maximum atomic E-state index is 12.5. The van der Waals surface area contributed by atoms with Crippen molar-refractivity contribution in [3.8, 4) is 0 Å². The molecule has 156 valence electrons. The van der Waals surface area contributed by atoms with E-state index in [-0.39, 0.29) is 11.8 Å². The Balaban J connectivity index is 1.33. The standard InChI is InChI=1S/C21H20N8O2/c1-15(29-14-23-12-25-29)20(30)26-18-6-8-19(9-7-18)27-21(31)17-4-2-16(3-5-17)10-28-13-22-11-24-28/h2-9,11-15H,10H2,1H3,(H,26,30)(H,27,31). The molecular weight excluding hydrogens is 396 g/mol. The number of nitrogens with zero attached hydrogens (tertiary/aromatic N) is 6. The summed E-state index contributed by atoms with van der Waals surface area (Å²) in [7, 11) is 0. The summed E-state index contributed by atoms with van der Waals surface area (Å²) >= 11 is 0. The van der Waals surface area contributed by atoms with Crippen LogP contribution in [0.3, 0.4) is 0 Å². The van der Waals surface area contributed by atoms with Crippen molar-refractivity contribution in [1.29, 1.82) is 0 Å². The lowest BCUT2D eigenvalue weighted by atomic mass is 10.1. The lowest BCUT2D eigenvalue weighted by Crippen LogP contribution is -2.24. The van der Waals surface area contributed by atoms with Gasteiger partial charge in [-0.2, -0.15) is 10.2 Å². The first kappa shape index (κ1) is 20.0. The molecule has 0 radical (unpaired) electrons. The van der Waals surface area contributed by atoms with Crippen LogP contribution in [-0.4, -0.2) is 41.3 Å². The van der Waals surface area contributed by atoms with E-state index in [4.69, 9.17) is 0 Å². The van der Waals surface area contributed by atoms with E-state index >= 15 is 0 Å². The zero-order valence-electron chi connectivity index (χ0n) is 16.7. The number of carbonyl (C=O) groups excluding carboxylic acids is 2. The lowest BCUT2D eigenvalue weighted by molar-refractivity contribution is -0.119. The van der Waals surface area contributed by atoms with Crippen LogP contribution in [0.4, 0.5) is 11.4 Å². The van der Waals surface area contributed by atoms with Crippen LogP contribution in [0.2, 0.25) is 0 Å². The van der Waals surface area contributed by atoms with Gasteiger partial charge in [-0.15, -0.1) is 0 Å². The van der Waals surface area contributed by atoms with Crippen LogP contribution in [0.1, 0.15) is 28.9 Å². The van der Waals surface area contributed by atoms with Gasteiger partial charge < -0.3 is 10.6 Å². The first-order valence-electron chi connectivity index (χ1n) is 9.56. The van der Waals surface area contributed by atoms with Crippen molar-refractivity contribution >= 4 is 23.2 Å². The maximum Gasteiger partial charge on any atom is 0.255 e. The van der Waals surface area contributed by atoms with E-state index < -0.39 is 6.04 Å². The summed E-state index contributed by atoms with van der Waals surface area (Å²) < 4.78 is 3.18. The average Bonchev–Trinajstić information content (AvgIpc) is 3.49. The van der Waals surface area contributed by atoms with Gasteiger partial charge >= 0.3 is 0 Å². The van der Waals surface area contributed by atoms with Crippen LogP contribution in [-0.2, 0) is 11.3 Å². The van der Waals surface area contributed by atoms with Crippen molar-refractivity contribution in [1.82, 2.24) is 29.5 Å². The molecule has 0 aliphatic rings. The van der Waals surface area contributed by atoms with E-state index in [1.807, 2.05) is 12.1 Å². The molecule has 2 heterocycles. The number of hydrogen-bond acceptors (Lipinski definition) is 6. The molecule has 0 bridgehead atoms. The largest absolute Gasteiger partial charge is 0.324 e. The van der Waals surface area contributed by atoms with E-state index in [1.165, 1.54) is 23.7 Å². The molecule has 0 aliphatic carbocycles. The second-order valence-electron chi connectivity index (χ2n) is 6.86. The first-order valence-corrected chi connectivity index (χ1v) is 9.56. The molecule has 10 nitrogen and oxygen atoms in total. The first-order chi connectivity index (χ1) is 15.1. The van der Waals surface area contributed by atoms with E-state index in [0.29, 0.717) is 23.5 Å². The van der Waals surface area contributed by atoms with E-state index in [9.17, 15) is 9.59 Å². The normalized spacial score (nSPS) is 11.6. The predicted octanol–water partition coefficient (Wildman–Crippen LogP) is 2.37. The third-order valence-corrected chi connectivity index (χ3v) is 4.65. The highest BCUT2D eigenvalue weighted by atomic mass is 16.2. The summed E-state index contributed by atoms with van der Waals surface area (Å²) in [5.74, 6) is -0.433. The minimum atomic E-state index is -0.491. The van der Waals surface area contributed by atoms with Gasteiger partial charge in [-0.05, 0) is 48.9 Å². The maximum absolute atomic E-state index is 12.5. The Labute approximate surface area is 178 Å². The Morgan fingerprint density at radius 3 is 2.13 bits per heavy atom. The Morgan fingerprint density at radius 2 is 1.52 bits per heavy atom. The van der Waals surface area contributed by atoms with Gasteiger partial charge in [0.25, 0.3) is 5.91 Å². The topological polar surface area (TPSA) is 120 Å². The molecule has 2 amide bonds. The highest BCUT2D eigenvalue weighted by Gasteiger charge is 2.15. The second kappa shape index (κ2) is 8.99. The highest BCUT2D eigenvalue weighted by molar-refractivity contribution is 6.04. The SMILES string of the molecule is CC(C(=O)Nc1ccc(NC(=O)c2ccc(Cn3cncn3)cc2)cc1)n1cncn1. The molecule has 1 unspecified atom stereocenters. The quantitative estimate of drug-likeness (QED) is 0.477. The molecule has 0 saturated carbocycles. The van der Waals surface area contributed by atoms with Crippen molar-refractivity contribution < 1.29 is 9.59 Å². The van der Waals surface area contributed by atoms with Gasteiger partial charge in [0.2, 0.25) is 5.91 Å². The fourth-order valence-corrected chi connectivity index (χ4v) is 2.89. The summed E-state index contributed by atoms with van der Waals surface area (Å²) in [4.78, 5) is 32.6. The van der Waals surface area contributed by atoms with Gasteiger partial charge in [-0.1, -0.05) is 12.1 Å². The summed E-state index contributed by atoms with van der Waals surface area (Å²) in [5.41, 5.74) is 2.80. The molecule has 0 fully saturated rings. The van der Waals surface area contributed by atoms with Gasteiger partial charge in [0.05, 0.1) is 6.54 Å². The Bertz CT molecular complexity index is 1140. The van der Waals surface area contributed by atoms with Crippen molar-refractivity contribution in [3.05, 3.63) is 85.0 Å². The molecule has 4 aromatic rings. The minimum Gasteiger partial charge on any atom is -0.324 e. The number of benzene rings is 2. The smallest absolute Gasteiger partial charge is 0.255 e. The van der Waals surface area contributed by atoms with Crippen LogP contribution in [0.25, 0.3) is 0 Å². The fourth-order valence-electron chi connectivity index (χ4n) is 2.89. The van der Waals surface area contributed by atoms with Crippen LogP contribution >= 0.6 is 0 Å². The highest BCUT2D eigenvalue weighted by Crippen LogP contribution is 2.16. The number of carbonyl (C=O) groups is 2. The second-order valence-corrected chi connectivity index (χ2v) is 6.86. The number of amides is 2. The number of rotatable bonds is 7. The molecule has 1 atom stereocenters. The van der Waals surface area contributed by atoms with Gasteiger partial charge in [0.15, 0.2) is 0 Å². The van der Waals surface area contributed by atoms with Crippen LogP contribution < -0.4 is 10.6 Å². The van der Waals surface area contributed by atoms with Crippen molar-refractivity contribution in [2.75, 3.05) is 10.6 Å². The Kier molecular flexibility index (Phi) is 5.79. The van der Waals surface area contributed by atoms with Gasteiger partial charge in [-0.25, -0.2) is 19.3 Å². The van der Waals surface area contributed by atoms with Crippen LogP contribution in [0, 0.1) is 0 Å². The minimum absolute atomic E-state index is 0.215. The number of aromatic nitrogens is 6. The van der Waals surface area contributed by atoms with Gasteiger partial charge in [0.1, 0.15) is 31.4 Å². The van der Waals surface area contributed by atoms with E-state index in [0.717, 1.165) is 5.56 Å². The average molecular weight is 416 g/mol. The fraction of sp³-hybridized carbons (Fsp3) is 0.143. The molecule has 31 heavy (non-hydrogen) atoms. The summed E-state index contributed by atoms with van der Waals surface area (Å²) in [6.45, 7) is 2.32. The molecule has 0 spiro atoms. The summed E-state index contributed by atoms with van der Waals surface area (Å²) in [6, 6.07) is 13.7. The number of hydrogen-bond donors (Lipinski definition) is 2. The van der Waals surface area contributed by atoms with E-state index in [1.54, 1.807) is 54.3 Å². The van der Waals surface area contributed by atoms with Crippen molar-refractivity contribution in [2.45, 2.75) is 19.5 Å². The zero-order valence-corrected chi connectivity index (χ0v) is 16.7. The van der Waals surface area contributed by atoms with E-state index in [2.05, 4.69) is 30.8 Å². The number of anilines is 2. The molecular formula is C21H20N8O2. The summed E-state index contributed by atoms with van der Waals surface area (Å²) in [6.07, 6.45) is 5.99. The van der Waals surface area contributed by atoms with Crippen molar-refractivity contribution in [3.63, 3.8) is 0 Å². The predicted molar refractivity (Wildman–Crippen MR) is 113 cm³/mol. The Hall–Kier alpha value is -4.34. The van der Waals surface area contributed by atoms with Gasteiger partial charge in [-0.3, -0.25) is 9.59 Å². The third kappa shape index (κ3) is 4.99. The molecule has 10 heteroatoms. The molecule has 2 aromatic heterocycles. The lowest BCUT2D eigenvalue weighted by Gasteiger charge is -2.12. The Morgan fingerprint density at radius 1 is 0.871 bits per heavy atom. The van der Waals surface area contributed by atoms with Gasteiger partial charge in [0, 0.05) is 16.9 Å². The van der Waals surface area contributed by atoms with Crippen LogP contribution in [0.15, 0.2) is 73.8 Å². The van der Waals surface area contributed by atoms with Crippen LogP contribution in [0.5, 0.6) is 0 Å². The number of nitrogens with one attached hydrogen (secondary N) is 2. The molecule has 4 rings (SSSR count). The third-order valence-electron chi connectivity index (χ3n) is 4.65. The monoisotopic (exact) mass is 416 g/mol. The van der Waals surface area contributed by atoms with Crippen molar-refractivity contribution in [2.24, 2.45) is 0 Å². The molecule has 0 aliphatic heterocycles. The molecule has 2 N–H and O–H groups in total. The zero-order chi connectivity index (χ0) is 21.6. The summed E-state index contributed by atoms with van der Waals surface area (Å²) in [5, 5.41) is 13.7. The molecule has 2 aromatic carbocycles. The molecule has 0 saturated heterocycles.